The van der Waals surface area contributed by atoms with E-state index in [4.69, 9.17) is 4.74 Å². The van der Waals surface area contributed by atoms with Gasteiger partial charge in [-0.25, -0.2) is 0 Å². The average molecular weight is 500 g/mol. The number of piperidine rings is 1. The molecular weight excluding hydrogens is 454 g/mol. The summed E-state index contributed by atoms with van der Waals surface area (Å²) >= 11 is 0. The lowest BCUT2D eigenvalue weighted by Gasteiger charge is -2.43. The van der Waals surface area contributed by atoms with Crippen LogP contribution in [0.1, 0.15) is 51.5 Å². The molecule has 2 N–H and O–H groups in total. The summed E-state index contributed by atoms with van der Waals surface area (Å²) in [5.74, 6) is 0.133. The summed E-state index contributed by atoms with van der Waals surface area (Å²) in [5, 5.41) is 6.25. The molecule has 0 aliphatic carbocycles. The molecule has 0 saturated carbocycles. The molecule has 0 aromatic heterocycles. The van der Waals surface area contributed by atoms with Gasteiger partial charge in [0.2, 0.25) is 5.91 Å². The van der Waals surface area contributed by atoms with Gasteiger partial charge >= 0.3 is 0 Å². The van der Waals surface area contributed by atoms with Crippen LogP contribution in [-0.2, 0) is 19.7 Å². The van der Waals surface area contributed by atoms with Crippen molar-refractivity contribution in [2.45, 2.75) is 63.5 Å². The molecule has 2 atom stereocenters. The van der Waals surface area contributed by atoms with Crippen LogP contribution in [0.5, 0.6) is 0 Å². The zero-order chi connectivity index (χ0) is 25.5. The summed E-state index contributed by atoms with van der Waals surface area (Å²) < 4.78 is 6.12. The van der Waals surface area contributed by atoms with Crippen molar-refractivity contribution in [1.29, 1.82) is 0 Å². The average Bonchev–Trinajstić information content (AvgIpc) is 2.91. The molecule has 2 saturated heterocycles. The van der Waals surface area contributed by atoms with Gasteiger partial charge in [-0.05, 0) is 77.5 Å². The first-order valence-electron chi connectivity index (χ1n) is 13.9. The molecule has 3 heterocycles. The van der Waals surface area contributed by atoms with Gasteiger partial charge in [-0.15, -0.1) is 0 Å². The van der Waals surface area contributed by atoms with Gasteiger partial charge < -0.3 is 25.2 Å². The Balaban J connectivity index is 1.28. The van der Waals surface area contributed by atoms with Crippen molar-refractivity contribution >= 4 is 17.5 Å². The van der Waals surface area contributed by atoms with E-state index < -0.39 is 6.10 Å². The molecule has 8 nitrogen and oxygen atoms in total. The monoisotopic (exact) mass is 499 g/mol. The SMILES string of the molecule is CCN1CCC(N2CCN(C(=O)C(C)OCCC3(CCNC)CC(=O)Nc4ccccc43)CC2)CC1. The van der Waals surface area contributed by atoms with E-state index in [9.17, 15) is 9.59 Å². The van der Waals surface area contributed by atoms with Gasteiger partial charge in [-0.1, -0.05) is 25.1 Å². The third-order valence-electron chi connectivity index (χ3n) is 8.57. The highest BCUT2D eigenvalue weighted by atomic mass is 16.5. The van der Waals surface area contributed by atoms with E-state index in [1.54, 1.807) is 0 Å². The van der Waals surface area contributed by atoms with Crippen molar-refractivity contribution < 1.29 is 14.3 Å². The van der Waals surface area contributed by atoms with E-state index in [2.05, 4.69) is 33.4 Å². The second-order valence-electron chi connectivity index (χ2n) is 10.7. The second-order valence-corrected chi connectivity index (χ2v) is 10.7. The minimum absolute atomic E-state index is 0.0483. The van der Waals surface area contributed by atoms with Gasteiger partial charge in [0.25, 0.3) is 5.91 Å². The van der Waals surface area contributed by atoms with Crippen molar-refractivity contribution in [3.63, 3.8) is 0 Å². The summed E-state index contributed by atoms with van der Waals surface area (Å²) in [7, 11) is 1.94. The second kappa shape index (κ2) is 12.5. The normalized spacial score (nSPS) is 24.9. The fraction of sp³-hybridized carbons (Fsp3) is 0.714. The molecular formula is C28H45N5O3. The van der Waals surface area contributed by atoms with E-state index in [-0.39, 0.29) is 17.2 Å². The smallest absolute Gasteiger partial charge is 0.251 e. The molecule has 0 radical (unpaired) electrons. The van der Waals surface area contributed by atoms with Crippen LogP contribution in [0, 0.1) is 0 Å². The molecule has 3 aliphatic heterocycles. The van der Waals surface area contributed by atoms with Gasteiger partial charge in [0.15, 0.2) is 0 Å². The Labute approximate surface area is 216 Å². The van der Waals surface area contributed by atoms with Crippen LogP contribution >= 0.6 is 0 Å². The number of carbonyl (C=O) groups is 2. The quantitative estimate of drug-likeness (QED) is 0.515. The molecule has 1 aromatic carbocycles. The van der Waals surface area contributed by atoms with Gasteiger partial charge in [-0.3, -0.25) is 14.5 Å². The highest BCUT2D eigenvalue weighted by Gasteiger charge is 2.39. The number of nitrogens with one attached hydrogen (secondary N) is 2. The van der Waals surface area contributed by atoms with Crippen molar-refractivity contribution in [1.82, 2.24) is 20.0 Å². The molecule has 3 aliphatic rings. The zero-order valence-electron chi connectivity index (χ0n) is 22.4. The minimum Gasteiger partial charge on any atom is -0.369 e. The van der Waals surface area contributed by atoms with Crippen molar-refractivity contribution in [3.8, 4) is 0 Å². The molecule has 2 amide bonds. The number of benzene rings is 1. The van der Waals surface area contributed by atoms with Crippen LogP contribution in [0.2, 0.25) is 0 Å². The third kappa shape index (κ3) is 6.28. The Morgan fingerprint density at radius 2 is 1.86 bits per heavy atom. The number of ether oxygens (including phenoxy) is 1. The van der Waals surface area contributed by atoms with Crippen LogP contribution in [0.15, 0.2) is 24.3 Å². The van der Waals surface area contributed by atoms with E-state index in [1.165, 1.54) is 31.5 Å². The number of hydrogen-bond donors (Lipinski definition) is 2. The Bertz CT molecular complexity index is 880. The first kappa shape index (κ1) is 27.0. The number of anilines is 1. The molecule has 4 rings (SSSR count). The van der Waals surface area contributed by atoms with Crippen molar-refractivity contribution in [2.24, 2.45) is 0 Å². The largest absolute Gasteiger partial charge is 0.369 e. The predicted molar refractivity (Wildman–Crippen MR) is 143 cm³/mol. The third-order valence-corrected chi connectivity index (χ3v) is 8.57. The number of hydrogen-bond acceptors (Lipinski definition) is 6. The fourth-order valence-electron chi connectivity index (χ4n) is 6.25. The molecule has 0 spiro atoms. The molecule has 2 fully saturated rings. The van der Waals surface area contributed by atoms with Crippen LogP contribution < -0.4 is 10.6 Å². The van der Waals surface area contributed by atoms with E-state index in [1.807, 2.05) is 37.1 Å². The Morgan fingerprint density at radius 1 is 1.14 bits per heavy atom. The molecule has 36 heavy (non-hydrogen) atoms. The van der Waals surface area contributed by atoms with Crippen LogP contribution in [0.25, 0.3) is 0 Å². The van der Waals surface area contributed by atoms with E-state index in [0.717, 1.165) is 51.4 Å². The molecule has 0 bridgehead atoms. The van der Waals surface area contributed by atoms with Crippen LogP contribution in [-0.4, -0.2) is 105 Å². The summed E-state index contributed by atoms with van der Waals surface area (Å²) in [6, 6.07) is 8.73. The summed E-state index contributed by atoms with van der Waals surface area (Å²) in [4.78, 5) is 32.8. The highest BCUT2D eigenvalue weighted by molar-refractivity contribution is 5.95. The van der Waals surface area contributed by atoms with Crippen molar-refractivity contribution in [3.05, 3.63) is 29.8 Å². The number of likely N-dealkylation sites (tertiary alicyclic amines) is 1. The minimum atomic E-state index is -0.474. The predicted octanol–water partition coefficient (Wildman–Crippen LogP) is 2.30. The maximum absolute atomic E-state index is 13.1. The lowest BCUT2D eigenvalue weighted by molar-refractivity contribution is -0.145. The molecule has 2 unspecified atom stereocenters. The van der Waals surface area contributed by atoms with Gasteiger partial charge in [0.05, 0.1) is 0 Å². The number of nitrogens with zero attached hydrogens (tertiary/aromatic N) is 3. The van der Waals surface area contributed by atoms with Gasteiger partial charge in [0.1, 0.15) is 6.10 Å². The standard InChI is InChI=1S/C28H45N5O3/c1-4-31-14-9-23(10-15-31)32-16-18-33(19-17-32)27(35)22(2)36-20-12-28(11-13-29-3)21-26(34)30-25-8-6-5-7-24(25)28/h5-8,22-23,29H,4,9-21H2,1-3H3,(H,30,34). The fourth-order valence-corrected chi connectivity index (χ4v) is 6.25. The summed E-state index contributed by atoms with van der Waals surface area (Å²) in [6.07, 6.45) is 3.99. The lowest BCUT2D eigenvalue weighted by Crippen LogP contribution is -2.55. The molecule has 1 aromatic rings. The van der Waals surface area contributed by atoms with E-state index >= 15 is 0 Å². The molecule has 8 heteroatoms. The Hall–Kier alpha value is -2.00. The first-order chi connectivity index (χ1) is 17.5. The van der Waals surface area contributed by atoms with E-state index in [0.29, 0.717) is 25.5 Å². The topological polar surface area (TPSA) is 77.2 Å². The van der Waals surface area contributed by atoms with Gasteiger partial charge in [0, 0.05) is 56.4 Å². The Kier molecular flexibility index (Phi) is 9.39. The maximum atomic E-state index is 13.1. The zero-order valence-corrected chi connectivity index (χ0v) is 22.4. The van der Waals surface area contributed by atoms with Crippen LogP contribution in [0.4, 0.5) is 5.69 Å². The highest BCUT2D eigenvalue weighted by Crippen LogP contribution is 2.42. The summed E-state index contributed by atoms with van der Waals surface area (Å²) in [5.41, 5.74) is 1.78. The van der Waals surface area contributed by atoms with Crippen molar-refractivity contribution in [2.75, 3.05) is 71.3 Å². The van der Waals surface area contributed by atoms with Crippen LogP contribution in [0.3, 0.4) is 0 Å². The Morgan fingerprint density at radius 3 is 2.56 bits per heavy atom. The number of amides is 2. The number of carbonyl (C=O) groups excluding carboxylic acids is 2. The number of rotatable bonds is 10. The first-order valence-corrected chi connectivity index (χ1v) is 13.9. The summed E-state index contributed by atoms with van der Waals surface area (Å²) in [6.45, 7) is 12.4. The maximum Gasteiger partial charge on any atom is 0.251 e. The molecule has 200 valence electrons. The lowest BCUT2D eigenvalue weighted by atomic mass is 9.70. The number of para-hydroxylation sites is 1. The van der Waals surface area contributed by atoms with Gasteiger partial charge in [-0.2, -0.15) is 0 Å². The number of piperazine rings is 1. The number of fused-ring (bicyclic) bond motifs is 1.